The van der Waals surface area contributed by atoms with Gasteiger partial charge in [0, 0.05) is 24.2 Å². The van der Waals surface area contributed by atoms with Crippen LogP contribution >= 0.6 is 11.6 Å². The molecule has 0 spiro atoms. The molecule has 1 aromatic heterocycles. The maximum absolute atomic E-state index is 6.30. The molecule has 0 saturated heterocycles. The Morgan fingerprint density at radius 1 is 1.20 bits per heavy atom. The second kappa shape index (κ2) is 5.77. The van der Waals surface area contributed by atoms with Crippen LogP contribution in [0.25, 0.3) is 0 Å². The van der Waals surface area contributed by atoms with Crippen molar-refractivity contribution in [1.29, 1.82) is 0 Å². The van der Waals surface area contributed by atoms with Crippen LogP contribution in [0.3, 0.4) is 0 Å². The van der Waals surface area contributed by atoms with E-state index >= 15 is 0 Å². The minimum atomic E-state index is 0.564. The van der Waals surface area contributed by atoms with Crippen LogP contribution in [0.15, 0.2) is 24.3 Å². The second-order valence-electron chi connectivity index (χ2n) is 5.01. The quantitative estimate of drug-likeness (QED) is 0.835. The maximum atomic E-state index is 6.30. The molecule has 0 fully saturated rings. The lowest BCUT2D eigenvalue weighted by molar-refractivity contribution is 0.708. The molecule has 0 amide bonds. The zero-order valence-corrected chi connectivity index (χ0v) is 12.2. The lowest BCUT2D eigenvalue weighted by atomic mass is 10.1. The van der Waals surface area contributed by atoms with Crippen LogP contribution in [0.2, 0.25) is 5.15 Å². The van der Waals surface area contributed by atoms with E-state index in [4.69, 9.17) is 11.6 Å². The van der Waals surface area contributed by atoms with Crippen molar-refractivity contribution in [3.8, 4) is 0 Å². The van der Waals surface area contributed by atoms with Crippen LogP contribution in [0.4, 0.5) is 11.6 Å². The zero-order chi connectivity index (χ0) is 13.9. The van der Waals surface area contributed by atoms with Crippen molar-refractivity contribution >= 4 is 23.2 Å². The smallest absolute Gasteiger partial charge is 0.228 e. The molecule has 2 heterocycles. The van der Waals surface area contributed by atoms with E-state index in [0.717, 1.165) is 42.9 Å². The Morgan fingerprint density at radius 3 is 2.90 bits per heavy atom. The first kappa shape index (κ1) is 13.3. The molecule has 20 heavy (non-hydrogen) atoms. The predicted molar refractivity (Wildman–Crippen MR) is 81.8 cm³/mol. The van der Waals surface area contributed by atoms with Gasteiger partial charge in [-0.25, -0.2) is 9.97 Å². The number of benzene rings is 1. The third-order valence-corrected chi connectivity index (χ3v) is 3.72. The van der Waals surface area contributed by atoms with Gasteiger partial charge in [0.2, 0.25) is 5.95 Å². The topological polar surface area (TPSA) is 49.8 Å². The molecule has 1 aromatic carbocycles. The lowest BCUT2D eigenvalue weighted by Gasteiger charge is -2.11. The second-order valence-corrected chi connectivity index (χ2v) is 5.37. The molecule has 0 saturated carbocycles. The van der Waals surface area contributed by atoms with Crippen molar-refractivity contribution in [2.24, 2.45) is 0 Å². The van der Waals surface area contributed by atoms with E-state index in [2.05, 4.69) is 39.7 Å². The van der Waals surface area contributed by atoms with E-state index in [1.54, 1.807) is 0 Å². The molecule has 2 N–H and O–H groups in total. The Kier molecular flexibility index (Phi) is 3.85. The third-order valence-electron chi connectivity index (χ3n) is 3.41. The number of hydrogen-bond donors (Lipinski definition) is 2. The summed E-state index contributed by atoms with van der Waals surface area (Å²) in [6.45, 7) is 3.92. The van der Waals surface area contributed by atoms with Crippen LogP contribution in [-0.4, -0.2) is 23.1 Å². The summed E-state index contributed by atoms with van der Waals surface area (Å²) in [6.07, 6.45) is 1.78. The van der Waals surface area contributed by atoms with Gasteiger partial charge in [0.1, 0.15) is 5.15 Å². The van der Waals surface area contributed by atoms with Gasteiger partial charge < -0.3 is 10.6 Å². The Bertz CT molecular complexity index is 627. The summed E-state index contributed by atoms with van der Waals surface area (Å²) in [7, 11) is 0. The van der Waals surface area contributed by atoms with E-state index in [9.17, 15) is 0 Å². The van der Waals surface area contributed by atoms with Crippen LogP contribution < -0.4 is 10.6 Å². The normalized spacial score (nSPS) is 14.5. The Labute approximate surface area is 123 Å². The van der Waals surface area contributed by atoms with Gasteiger partial charge in [-0.05, 0) is 37.6 Å². The Morgan fingerprint density at radius 2 is 2.05 bits per heavy atom. The first-order valence-corrected chi connectivity index (χ1v) is 7.20. The highest BCUT2D eigenvalue weighted by Crippen LogP contribution is 2.23. The molecule has 1 aliphatic rings. The molecule has 0 atom stereocenters. The van der Waals surface area contributed by atoms with Gasteiger partial charge in [-0.2, -0.15) is 0 Å². The summed E-state index contributed by atoms with van der Waals surface area (Å²) in [6, 6.07) is 8.12. The molecule has 0 radical (unpaired) electrons. The van der Waals surface area contributed by atoms with E-state index in [-0.39, 0.29) is 0 Å². The third kappa shape index (κ3) is 2.92. The molecule has 0 aliphatic carbocycles. The van der Waals surface area contributed by atoms with Crippen molar-refractivity contribution in [3.05, 3.63) is 46.2 Å². The average Bonchev–Trinajstić information content (AvgIpc) is 2.64. The van der Waals surface area contributed by atoms with E-state index in [1.807, 2.05) is 12.1 Å². The van der Waals surface area contributed by atoms with Crippen molar-refractivity contribution < 1.29 is 0 Å². The monoisotopic (exact) mass is 288 g/mol. The SMILES string of the molecule is Cc1cccc(Nc2nc(Cl)c3c(n2)CCNCC3)c1. The average molecular weight is 289 g/mol. The molecule has 5 heteroatoms. The van der Waals surface area contributed by atoms with Crippen molar-refractivity contribution in [2.45, 2.75) is 19.8 Å². The number of anilines is 2. The fourth-order valence-corrected chi connectivity index (χ4v) is 2.69. The summed E-state index contributed by atoms with van der Waals surface area (Å²) in [4.78, 5) is 8.98. The largest absolute Gasteiger partial charge is 0.324 e. The number of hydrogen-bond acceptors (Lipinski definition) is 4. The summed E-state index contributed by atoms with van der Waals surface area (Å²) in [5, 5.41) is 7.14. The molecule has 2 aromatic rings. The van der Waals surface area contributed by atoms with Gasteiger partial charge in [0.05, 0.1) is 5.69 Å². The van der Waals surface area contributed by atoms with Gasteiger partial charge in [0.15, 0.2) is 0 Å². The van der Waals surface area contributed by atoms with Crippen LogP contribution in [0, 0.1) is 6.92 Å². The first-order valence-electron chi connectivity index (χ1n) is 6.82. The Balaban J connectivity index is 1.91. The van der Waals surface area contributed by atoms with Crippen molar-refractivity contribution in [1.82, 2.24) is 15.3 Å². The van der Waals surface area contributed by atoms with Gasteiger partial charge in [-0.15, -0.1) is 0 Å². The number of rotatable bonds is 2. The van der Waals surface area contributed by atoms with Crippen LogP contribution in [0.5, 0.6) is 0 Å². The highest BCUT2D eigenvalue weighted by Gasteiger charge is 2.15. The van der Waals surface area contributed by atoms with Crippen molar-refractivity contribution in [2.75, 3.05) is 18.4 Å². The van der Waals surface area contributed by atoms with Gasteiger partial charge >= 0.3 is 0 Å². The van der Waals surface area contributed by atoms with Crippen molar-refractivity contribution in [3.63, 3.8) is 0 Å². The molecule has 3 rings (SSSR count). The number of nitrogens with zero attached hydrogens (tertiary/aromatic N) is 2. The summed E-state index contributed by atoms with van der Waals surface area (Å²) in [5.74, 6) is 0.571. The van der Waals surface area contributed by atoms with Gasteiger partial charge in [-0.1, -0.05) is 23.7 Å². The van der Waals surface area contributed by atoms with Gasteiger partial charge in [-0.3, -0.25) is 0 Å². The summed E-state index contributed by atoms with van der Waals surface area (Å²) < 4.78 is 0. The molecule has 0 bridgehead atoms. The summed E-state index contributed by atoms with van der Waals surface area (Å²) in [5.41, 5.74) is 4.30. The number of aryl methyl sites for hydroxylation is 1. The van der Waals surface area contributed by atoms with E-state index in [0.29, 0.717) is 11.1 Å². The maximum Gasteiger partial charge on any atom is 0.228 e. The van der Waals surface area contributed by atoms with E-state index < -0.39 is 0 Å². The predicted octanol–water partition coefficient (Wildman–Crippen LogP) is 2.87. The molecule has 4 nitrogen and oxygen atoms in total. The standard InChI is InChI=1S/C15H17ClN4/c1-10-3-2-4-11(9-10)18-15-19-13-6-8-17-7-5-12(13)14(16)20-15/h2-4,9,17H,5-8H2,1H3,(H,18,19,20). The lowest BCUT2D eigenvalue weighted by Crippen LogP contribution is -2.16. The molecular formula is C15H17ClN4. The fraction of sp³-hybridized carbons (Fsp3) is 0.333. The number of nitrogens with one attached hydrogen (secondary N) is 2. The van der Waals surface area contributed by atoms with Crippen LogP contribution in [-0.2, 0) is 12.8 Å². The van der Waals surface area contributed by atoms with Crippen LogP contribution in [0.1, 0.15) is 16.8 Å². The molecule has 0 unspecified atom stereocenters. The fourth-order valence-electron chi connectivity index (χ4n) is 2.41. The molecular weight excluding hydrogens is 272 g/mol. The first-order chi connectivity index (χ1) is 9.72. The Hall–Kier alpha value is -1.65. The summed E-state index contributed by atoms with van der Waals surface area (Å²) >= 11 is 6.30. The number of halogens is 1. The number of aromatic nitrogens is 2. The van der Waals surface area contributed by atoms with E-state index in [1.165, 1.54) is 5.56 Å². The minimum absolute atomic E-state index is 0.564. The zero-order valence-electron chi connectivity index (χ0n) is 11.4. The minimum Gasteiger partial charge on any atom is -0.324 e. The highest BCUT2D eigenvalue weighted by molar-refractivity contribution is 6.30. The van der Waals surface area contributed by atoms with Gasteiger partial charge in [0.25, 0.3) is 0 Å². The highest BCUT2D eigenvalue weighted by atomic mass is 35.5. The molecule has 1 aliphatic heterocycles. The number of fused-ring (bicyclic) bond motifs is 1. The molecule has 104 valence electrons.